The summed E-state index contributed by atoms with van der Waals surface area (Å²) < 4.78 is 48.3. The van der Waals surface area contributed by atoms with E-state index in [4.69, 9.17) is 4.74 Å². The van der Waals surface area contributed by atoms with Gasteiger partial charge in [0.2, 0.25) is 0 Å². The van der Waals surface area contributed by atoms with Gasteiger partial charge in [0.25, 0.3) is 5.69 Å². The molecule has 0 aliphatic heterocycles. The number of carbonyl (C=O) groups excluding carboxylic acids is 2. The number of amides is 3. The number of aromatic nitrogens is 3. The standard InChI is InChI=1S/C24H17Br2F3N6O4/c1-30-21(36)19-11-16(8-9-35(19)38)39-15-5-3-14(4-6-15)31-23(37)32-17-10-13(24(27,28)29)2-7-18(17)34-12-20(25)33-22(34)26/h2-12H,1H3,(H,30,36)(H2,31,32,37). The van der Waals surface area contributed by atoms with Crippen molar-refractivity contribution in [2.75, 3.05) is 17.7 Å². The lowest BCUT2D eigenvalue weighted by molar-refractivity contribution is -0.607. The van der Waals surface area contributed by atoms with Gasteiger partial charge in [-0.3, -0.25) is 9.36 Å². The van der Waals surface area contributed by atoms with Crippen LogP contribution in [0.1, 0.15) is 16.1 Å². The van der Waals surface area contributed by atoms with Gasteiger partial charge in [0.1, 0.15) is 16.1 Å². The summed E-state index contributed by atoms with van der Waals surface area (Å²) in [6.45, 7) is 0. The molecule has 39 heavy (non-hydrogen) atoms. The fourth-order valence-corrected chi connectivity index (χ4v) is 4.47. The van der Waals surface area contributed by atoms with Crippen LogP contribution in [0, 0.1) is 5.21 Å². The van der Waals surface area contributed by atoms with E-state index in [1.54, 1.807) is 0 Å². The lowest BCUT2D eigenvalue weighted by Gasteiger charge is -2.16. The molecule has 0 saturated heterocycles. The Morgan fingerprint density at radius 3 is 2.36 bits per heavy atom. The average molecular weight is 670 g/mol. The summed E-state index contributed by atoms with van der Waals surface area (Å²) in [4.78, 5) is 28.6. The van der Waals surface area contributed by atoms with Crippen LogP contribution in [-0.2, 0) is 6.18 Å². The minimum atomic E-state index is -4.62. The number of nitrogens with zero attached hydrogens (tertiary/aromatic N) is 3. The number of hydrogen-bond acceptors (Lipinski definition) is 5. The van der Waals surface area contributed by atoms with Gasteiger partial charge in [0, 0.05) is 25.0 Å². The quantitative estimate of drug-likeness (QED) is 0.176. The Hall–Kier alpha value is -4.11. The maximum absolute atomic E-state index is 13.4. The van der Waals surface area contributed by atoms with E-state index in [0.717, 1.165) is 18.3 Å². The minimum Gasteiger partial charge on any atom is -0.618 e. The molecule has 0 spiro atoms. The molecular formula is C24H17Br2F3N6O4. The summed E-state index contributed by atoms with van der Waals surface area (Å²) in [5.74, 6) is -0.0188. The number of halogens is 5. The number of benzene rings is 2. The fourth-order valence-electron chi connectivity index (χ4n) is 3.37. The number of alkyl halides is 3. The van der Waals surface area contributed by atoms with Crippen LogP contribution in [-0.4, -0.2) is 28.5 Å². The van der Waals surface area contributed by atoms with Gasteiger partial charge < -0.3 is 25.9 Å². The molecule has 2 aromatic heterocycles. The van der Waals surface area contributed by atoms with Gasteiger partial charge in [-0.1, -0.05) is 0 Å². The first-order chi connectivity index (χ1) is 18.4. The van der Waals surface area contributed by atoms with E-state index in [2.05, 4.69) is 52.8 Å². The molecule has 3 amide bonds. The van der Waals surface area contributed by atoms with Crippen LogP contribution in [0.4, 0.5) is 29.3 Å². The van der Waals surface area contributed by atoms with E-state index in [0.29, 0.717) is 25.5 Å². The van der Waals surface area contributed by atoms with Crippen molar-refractivity contribution >= 4 is 55.2 Å². The molecule has 3 N–H and O–H groups in total. The fraction of sp³-hybridized carbons (Fsp3) is 0.0833. The number of pyridine rings is 1. The highest BCUT2D eigenvalue weighted by molar-refractivity contribution is 9.11. The maximum Gasteiger partial charge on any atom is 0.416 e. The summed E-state index contributed by atoms with van der Waals surface area (Å²) in [6.07, 6.45) is -1.97. The number of anilines is 2. The summed E-state index contributed by atoms with van der Waals surface area (Å²) in [7, 11) is 1.39. The molecule has 2 heterocycles. The Morgan fingerprint density at radius 1 is 1.03 bits per heavy atom. The van der Waals surface area contributed by atoms with Crippen molar-refractivity contribution in [3.63, 3.8) is 0 Å². The molecule has 2 aromatic carbocycles. The molecule has 4 aromatic rings. The number of hydrogen-bond donors (Lipinski definition) is 3. The van der Waals surface area contributed by atoms with Crippen LogP contribution in [0.5, 0.6) is 11.5 Å². The predicted molar refractivity (Wildman–Crippen MR) is 142 cm³/mol. The zero-order valence-electron chi connectivity index (χ0n) is 19.7. The molecule has 0 aliphatic rings. The van der Waals surface area contributed by atoms with Gasteiger partial charge in [-0.15, -0.1) is 0 Å². The maximum atomic E-state index is 13.4. The van der Waals surface area contributed by atoms with Gasteiger partial charge in [-0.25, -0.2) is 9.78 Å². The Kier molecular flexibility index (Phi) is 8.11. The molecular weight excluding hydrogens is 653 g/mol. The van der Waals surface area contributed by atoms with Gasteiger partial charge in [-0.2, -0.15) is 17.9 Å². The summed E-state index contributed by atoms with van der Waals surface area (Å²) in [6, 6.07) is 10.8. The molecule has 0 radical (unpaired) electrons. The molecule has 0 atom stereocenters. The van der Waals surface area contributed by atoms with Crippen LogP contribution < -0.4 is 25.4 Å². The third kappa shape index (κ3) is 6.67. The zero-order valence-corrected chi connectivity index (χ0v) is 22.9. The summed E-state index contributed by atoms with van der Waals surface area (Å²) in [5.41, 5.74) is -0.656. The van der Waals surface area contributed by atoms with E-state index in [-0.39, 0.29) is 22.8 Å². The van der Waals surface area contributed by atoms with Crippen molar-refractivity contribution in [1.29, 1.82) is 0 Å². The summed E-state index contributed by atoms with van der Waals surface area (Å²) >= 11 is 6.44. The van der Waals surface area contributed by atoms with Crippen molar-refractivity contribution in [3.8, 4) is 17.2 Å². The van der Waals surface area contributed by atoms with Gasteiger partial charge in [0.15, 0.2) is 10.9 Å². The molecule has 0 bridgehead atoms. The van der Waals surface area contributed by atoms with E-state index >= 15 is 0 Å². The second-order valence-corrected chi connectivity index (χ2v) is 9.31. The molecule has 4 rings (SSSR count). The van der Waals surface area contributed by atoms with Crippen LogP contribution in [0.15, 0.2) is 76.3 Å². The lowest BCUT2D eigenvalue weighted by atomic mass is 10.1. The predicted octanol–water partition coefficient (Wildman–Crippen LogP) is 5.85. The largest absolute Gasteiger partial charge is 0.618 e. The van der Waals surface area contributed by atoms with Crippen molar-refractivity contribution in [2.45, 2.75) is 6.18 Å². The first-order valence-electron chi connectivity index (χ1n) is 10.9. The number of rotatable bonds is 6. The molecule has 0 unspecified atom stereocenters. The normalized spacial score (nSPS) is 11.1. The van der Waals surface area contributed by atoms with Crippen molar-refractivity contribution in [1.82, 2.24) is 14.9 Å². The SMILES string of the molecule is CNC(=O)c1cc(Oc2ccc(NC(=O)Nc3cc(C(F)(F)F)ccc3-n3cc(Br)nc3Br)cc2)cc[n+]1[O-]. The third-order valence-electron chi connectivity index (χ3n) is 5.16. The van der Waals surface area contributed by atoms with Crippen molar-refractivity contribution in [2.24, 2.45) is 0 Å². The molecule has 0 aliphatic carbocycles. The summed E-state index contributed by atoms with van der Waals surface area (Å²) in [5, 5.41) is 19.1. The van der Waals surface area contributed by atoms with Gasteiger partial charge >= 0.3 is 18.1 Å². The smallest absolute Gasteiger partial charge is 0.416 e. The van der Waals surface area contributed by atoms with Crippen LogP contribution >= 0.6 is 31.9 Å². The van der Waals surface area contributed by atoms with Crippen LogP contribution in [0.2, 0.25) is 0 Å². The first-order valence-corrected chi connectivity index (χ1v) is 12.5. The molecule has 0 saturated carbocycles. The Labute approximate surface area is 235 Å². The number of carbonyl (C=O) groups is 2. The Bertz CT molecular complexity index is 1540. The van der Waals surface area contributed by atoms with E-state index < -0.39 is 23.7 Å². The Morgan fingerprint density at radius 2 is 1.74 bits per heavy atom. The molecule has 0 fully saturated rings. The van der Waals surface area contributed by atoms with Crippen LogP contribution in [0.3, 0.4) is 0 Å². The van der Waals surface area contributed by atoms with E-state index in [1.807, 2.05) is 0 Å². The topological polar surface area (TPSA) is 124 Å². The van der Waals surface area contributed by atoms with Gasteiger partial charge in [-0.05, 0) is 74.3 Å². The average Bonchev–Trinajstić information content (AvgIpc) is 3.22. The number of imidazole rings is 1. The van der Waals surface area contributed by atoms with Crippen molar-refractivity contribution in [3.05, 3.63) is 92.8 Å². The highest BCUT2D eigenvalue weighted by Gasteiger charge is 2.31. The van der Waals surface area contributed by atoms with E-state index in [9.17, 15) is 28.0 Å². The zero-order chi connectivity index (χ0) is 28.3. The molecule has 15 heteroatoms. The molecule has 10 nitrogen and oxygen atoms in total. The minimum absolute atomic E-state index is 0.112. The highest BCUT2D eigenvalue weighted by Crippen LogP contribution is 2.35. The highest BCUT2D eigenvalue weighted by atomic mass is 79.9. The number of urea groups is 1. The van der Waals surface area contributed by atoms with Gasteiger partial charge in [0.05, 0.1) is 23.0 Å². The van der Waals surface area contributed by atoms with Crippen LogP contribution in [0.25, 0.3) is 5.69 Å². The Balaban J connectivity index is 1.50. The van der Waals surface area contributed by atoms with E-state index in [1.165, 1.54) is 60.3 Å². The molecule has 202 valence electrons. The second kappa shape index (κ2) is 11.3. The number of ether oxygens (including phenoxy) is 1. The third-order valence-corrected chi connectivity index (χ3v) is 6.10. The van der Waals surface area contributed by atoms with Crippen molar-refractivity contribution < 1.29 is 32.2 Å². The lowest BCUT2D eigenvalue weighted by Crippen LogP contribution is -2.37. The number of nitrogens with one attached hydrogen (secondary N) is 3. The monoisotopic (exact) mass is 668 g/mol. The second-order valence-electron chi connectivity index (χ2n) is 7.79. The first kappa shape index (κ1) is 27.9.